The molecule has 1 aliphatic heterocycles. The Bertz CT molecular complexity index is 1180. The monoisotopic (exact) mass is 449 g/mol. The van der Waals surface area contributed by atoms with Crippen LogP contribution in [0.15, 0.2) is 72.8 Å². The quantitative estimate of drug-likeness (QED) is 0.345. The molecule has 0 saturated carbocycles. The van der Waals surface area contributed by atoms with Crippen LogP contribution in [0.2, 0.25) is 5.02 Å². The molecule has 162 valence electrons. The Balaban J connectivity index is 1.85. The van der Waals surface area contributed by atoms with Gasteiger partial charge in [0.25, 0.3) is 11.7 Å². The number of rotatable bonds is 6. The lowest BCUT2D eigenvalue weighted by atomic mass is 9.96. The number of halogens is 1. The lowest BCUT2D eigenvalue weighted by Crippen LogP contribution is -2.29. The minimum atomic E-state index is -0.803. The topological polar surface area (TPSA) is 92.6 Å². The molecular formula is C24H20ClN3O4. The van der Waals surface area contributed by atoms with Crippen LogP contribution in [0.25, 0.3) is 5.76 Å². The Morgan fingerprint density at radius 1 is 1.12 bits per heavy atom. The van der Waals surface area contributed by atoms with E-state index in [0.717, 1.165) is 5.56 Å². The molecule has 8 heteroatoms. The fraction of sp³-hybridized carbons (Fsp3) is 0.167. The molecule has 1 atom stereocenters. The number of ketones is 1. The molecular weight excluding hydrogens is 430 g/mol. The third-order valence-corrected chi connectivity index (χ3v) is 5.46. The largest absolute Gasteiger partial charge is 0.507 e. The van der Waals surface area contributed by atoms with Gasteiger partial charge in [-0.2, -0.15) is 0 Å². The predicted octanol–water partition coefficient (Wildman–Crippen LogP) is 4.15. The molecule has 1 aliphatic rings. The molecule has 0 bridgehead atoms. The molecule has 1 fully saturated rings. The molecule has 3 aromatic rings. The minimum absolute atomic E-state index is 0.0122. The highest BCUT2D eigenvalue weighted by atomic mass is 35.5. The van der Waals surface area contributed by atoms with Crippen LogP contribution in [0, 0.1) is 0 Å². The highest BCUT2D eigenvalue weighted by Gasteiger charge is 2.46. The van der Waals surface area contributed by atoms with E-state index in [1.54, 1.807) is 67.3 Å². The maximum atomic E-state index is 13.1. The number of hydrogen-bond donors (Lipinski definition) is 1. The predicted molar refractivity (Wildman–Crippen MR) is 119 cm³/mol. The van der Waals surface area contributed by atoms with Gasteiger partial charge in [0.2, 0.25) is 0 Å². The van der Waals surface area contributed by atoms with Crippen molar-refractivity contribution < 1.29 is 19.4 Å². The van der Waals surface area contributed by atoms with E-state index in [4.69, 9.17) is 16.3 Å². The molecule has 0 aliphatic carbocycles. The van der Waals surface area contributed by atoms with Crippen LogP contribution in [0.3, 0.4) is 0 Å². The van der Waals surface area contributed by atoms with E-state index >= 15 is 0 Å². The van der Waals surface area contributed by atoms with Gasteiger partial charge in [-0.3, -0.25) is 19.6 Å². The van der Waals surface area contributed by atoms with Gasteiger partial charge in [-0.25, -0.2) is 0 Å². The average Bonchev–Trinajstić information content (AvgIpc) is 3.06. The van der Waals surface area contributed by atoms with E-state index in [1.807, 2.05) is 6.92 Å². The van der Waals surface area contributed by atoms with Crippen molar-refractivity contribution in [2.24, 2.45) is 0 Å². The molecule has 1 aromatic carbocycles. The number of hydrogen-bond acceptors (Lipinski definition) is 6. The fourth-order valence-electron chi connectivity index (χ4n) is 3.68. The SMILES string of the molecule is CCOc1cc(/C(O)=C2/C(=O)C(=O)N(Cc3ccncc3)C2c2cccnc2)ccc1Cl. The molecule has 1 unspecified atom stereocenters. The molecule has 4 rings (SSSR count). The van der Waals surface area contributed by atoms with Crippen LogP contribution in [0.5, 0.6) is 5.75 Å². The summed E-state index contributed by atoms with van der Waals surface area (Å²) in [4.78, 5) is 35.7. The zero-order chi connectivity index (χ0) is 22.7. The molecule has 0 radical (unpaired) electrons. The summed E-state index contributed by atoms with van der Waals surface area (Å²) < 4.78 is 5.51. The maximum absolute atomic E-state index is 13.1. The summed E-state index contributed by atoms with van der Waals surface area (Å²) in [6, 6.07) is 10.9. The lowest BCUT2D eigenvalue weighted by molar-refractivity contribution is -0.140. The van der Waals surface area contributed by atoms with E-state index < -0.39 is 17.7 Å². The number of carbonyl (C=O) groups is 2. The number of carbonyl (C=O) groups excluding carboxylic acids is 2. The van der Waals surface area contributed by atoms with E-state index in [9.17, 15) is 14.7 Å². The van der Waals surface area contributed by atoms with Gasteiger partial charge in [-0.1, -0.05) is 17.7 Å². The van der Waals surface area contributed by atoms with Crippen molar-refractivity contribution in [3.63, 3.8) is 0 Å². The normalized spacial score (nSPS) is 17.6. The Hall–Kier alpha value is -3.71. The van der Waals surface area contributed by atoms with Crippen molar-refractivity contribution in [2.45, 2.75) is 19.5 Å². The van der Waals surface area contributed by atoms with Gasteiger partial charge in [0.05, 0.1) is 23.2 Å². The Labute approximate surface area is 190 Å². The number of aliphatic hydroxyl groups excluding tert-OH is 1. The Morgan fingerprint density at radius 2 is 1.91 bits per heavy atom. The van der Waals surface area contributed by atoms with Gasteiger partial charge in [0.1, 0.15) is 11.5 Å². The standard InChI is InChI=1S/C24H20ClN3O4/c1-2-32-19-12-16(5-6-18(19)25)22(29)20-21(17-4-3-9-27-13-17)28(24(31)23(20)30)14-15-7-10-26-11-8-15/h3-13,21,29H,2,14H2,1H3/b22-20-. The number of pyridine rings is 2. The van der Waals surface area contributed by atoms with Gasteiger partial charge < -0.3 is 14.7 Å². The van der Waals surface area contributed by atoms with Crippen molar-refractivity contribution >= 4 is 29.1 Å². The van der Waals surface area contributed by atoms with Crippen molar-refractivity contribution in [1.82, 2.24) is 14.9 Å². The summed E-state index contributed by atoms with van der Waals surface area (Å²) >= 11 is 6.16. The second-order valence-corrected chi connectivity index (χ2v) is 7.55. The molecule has 0 spiro atoms. The fourth-order valence-corrected chi connectivity index (χ4v) is 3.86. The van der Waals surface area contributed by atoms with Crippen LogP contribution in [-0.4, -0.2) is 38.3 Å². The molecule has 32 heavy (non-hydrogen) atoms. The highest BCUT2D eigenvalue weighted by molar-refractivity contribution is 6.46. The molecule has 7 nitrogen and oxygen atoms in total. The van der Waals surface area contributed by atoms with Gasteiger partial charge >= 0.3 is 0 Å². The molecule has 1 saturated heterocycles. The summed E-state index contributed by atoms with van der Waals surface area (Å²) in [7, 11) is 0. The first-order valence-corrected chi connectivity index (χ1v) is 10.4. The highest BCUT2D eigenvalue weighted by Crippen LogP contribution is 2.40. The summed E-state index contributed by atoms with van der Waals surface area (Å²) in [6.45, 7) is 2.38. The first kappa shape index (κ1) is 21.5. The van der Waals surface area contributed by atoms with Crippen molar-refractivity contribution in [3.05, 3.63) is 94.5 Å². The van der Waals surface area contributed by atoms with Crippen LogP contribution in [-0.2, 0) is 16.1 Å². The number of aliphatic hydroxyl groups is 1. The van der Waals surface area contributed by atoms with Gasteiger partial charge in [-0.05, 0) is 54.4 Å². The lowest BCUT2D eigenvalue weighted by Gasteiger charge is -2.25. The van der Waals surface area contributed by atoms with E-state index in [-0.39, 0.29) is 17.9 Å². The third kappa shape index (κ3) is 4.07. The van der Waals surface area contributed by atoms with Crippen LogP contribution in [0.4, 0.5) is 0 Å². The van der Waals surface area contributed by atoms with Gasteiger partial charge in [0, 0.05) is 36.9 Å². The number of benzene rings is 1. The Morgan fingerprint density at radius 3 is 2.59 bits per heavy atom. The number of amides is 1. The maximum Gasteiger partial charge on any atom is 0.295 e. The van der Waals surface area contributed by atoms with Crippen molar-refractivity contribution in [2.75, 3.05) is 6.61 Å². The zero-order valence-electron chi connectivity index (χ0n) is 17.2. The van der Waals surface area contributed by atoms with E-state index in [0.29, 0.717) is 28.5 Å². The molecule has 2 aromatic heterocycles. The summed E-state index contributed by atoms with van der Waals surface area (Å²) in [6.07, 6.45) is 6.42. The van der Waals surface area contributed by atoms with Crippen molar-refractivity contribution in [3.8, 4) is 5.75 Å². The van der Waals surface area contributed by atoms with Crippen LogP contribution >= 0.6 is 11.6 Å². The molecule has 1 amide bonds. The van der Waals surface area contributed by atoms with E-state index in [2.05, 4.69) is 9.97 Å². The zero-order valence-corrected chi connectivity index (χ0v) is 18.0. The second-order valence-electron chi connectivity index (χ2n) is 7.15. The third-order valence-electron chi connectivity index (χ3n) is 5.15. The average molecular weight is 450 g/mol. The summed E-state index contributed by atoms with van der Waals surface area (Å²) in [5, 5.41) is 11.5. The number of likely N-dealkylation sites (tertiary alicyclic amines) is 1. The van der Waals surface area contributed by atoms with Crippen LogP contribution in [0.1, 0.15) is 29.7 Å². The molecule has 1 N–H and O–H groups in total. The number of ether oxygens (including phenoxy) is 1. The smallest absolute Gasteiger partial charge is 0.295 e. The Kier molecular flexibility index (Phi) is 6.18. The first-order valence-electron chi connectivity index (χ1n) is 10.0. The number of nitrogens with zero attached hydrogens (tertiary/aromatic N) is 3. The first-order chi connectivity index (χ1) is 15.5. The summed E-state index contributed by atoms with van der Waals surface area (Å²) in [5.74, 6) is -1.39. The summed E-state index contributed by atoms with van der Waals surface area (Å²) in [5.41, 5.74) is 1.73. The van der Waals surface area contributed by atoms with Crippen LogP contribution < -0.4 is 4.74 Å². The van der Waals surface area contributed by atoms with E-state index in [1.165, 1.54) is 4.90 Å². The van der Waals surface area contributed by atoms with Crippen molar-refractivity contribution in [1.29, 1.82) is 0 Å². The number of Topliss-reactive ketones (excluding diaryl/α,β-unsaturated/α-hetero) is 1. The van der Waals surface area contributed by atoms with Gasteiger partial charge in [-0.15, -0.1) is 0 Å². The minimum Gasteiger partial charge on any atom is -0.507 e. The molecule has 3 heterocycles. The van der Waals surface area contributed by atoms with Gasteiger partial charge in [0.15, 0.2) is 0 Å². The second kappa shape index (κ2) is 9.20. The number of aromatic nitrogens is 2.